The number of thiophene rings is 1. The van der Waals surface area contributed by atoms with Gasteiger partial charge in [0.15, 0.2) is 0 Å². The second-order valence-corrected chi connectivity index (χ2v) is 6.46. The topological polar surface area (TPSA) is 96.0 Å². The average Bonchev–Trinajstić information content (AvgIpc) is 3.13. The predicted molar refractivity (Wildman–Crippen MR) is 95.2 cm³/mol. The molecule has 0 fully saturated rings. The van der Waals surface area contributed by atoms with E-state index >= 15 is 0 Å². The van der Waals surface area contributed by atoms with Crippen LogP contribution in [-0.2, 0) is 6.54 Å². The Morgan fingerprint density at radius 1 is 1.08 bits per heavy atom. The summed E-state index contributed by atoms with van der Waals surface area (Å²) in [5, 5.41) is 9.11. The van der Waals surface area contributed by atoms with Crippen LogP contribution >= 0.6 is 11.3 Å². The van der Waals surface area contributed by atoms with Gasteiger partial charge in [0, 0.05) is 0 Å². The highest BCUT2D eigenvalue weighted by Crippen LogP contribution is 2.29. The lowest BCUT2D eigenvalue weighted by Crippen LogP contribution is -2.46. The molecule has 8 heteroatoms. The number of nitrogens with zero attached hydrogens (tertiary/aromatic N) is 1. The molecule has 0 aliphatic carbocycles. The number of benzene rings is 1. The SMILES string of the molecule is O=C1Nc2c(c(=O)[nH]c(=O)n2Cc2ccccc2)C(c2ccsc2)N1. The summed E-state index contributed by atoms with van der Waals surface area (Å²) < 4.78 is 1.38. The second kappa shape index (κ2) is 6.06. The van der Waals surface area contributed by atoms with Gasteiger partial charge in [0.25, 0.3) is 5.56 Å². The molecule has 25 heavy (non-hydrogen) atoms. The number of amides is 2. The zero-order valence-corrected chi connectivity index (χ0v) is 13.8. The third-order valence-electron chi connectivity index (χ3n) is 4.09. The Labute approximate surface area is 146 Å². The van der Waals surface area contributed by atoms with E-state index in [9.17, 15) is 14.4 Å². The normalized spacial score (nSPS) is 16.0. The molecule has 2 amide bonds. The number of hydrogen-bond acceptors (Lipinski definition) is 4. The van der Waals surface area contributed by atoms with Crippen LogP contribution in [0.1, 0.15) is 22.7 Å². The number of anilines is 1. The molecule has 3 heterocycles. The van der Waals surface area contributed by atoms with Crippen LogP contribution in [0.2, 0.25) is 0 Å². The van der Waals surface area contributed by atoms with Gasteiger partial charge in [0.1, 0.15) is 5.82 Å². The lowest BCUT2D eigenvalue weighted by Gasteiger charge is -2.28. The number of fused-ring (bicyclic) bond motifs is 1. The number of nitrogens with one attached hydrogen (secondary N) is 3. The molecule has 3 N–H and O–H groups in total. The number of urea groups is 1. The van der Waals surface area contributed by atoms with Gasteiger partial charge >= 0.3 is 11.7 Å². The van der Waals surface area contributed by atoms with Gasteiger partial charge in [-0.25, -0.2) is 9.59 Å². The first-order valence-electron chi connectivity index (χ1n) is 7.64. The van der Waals surface area contributed by atoms with E-state index in [0.717, 1.165) is 11.1 Å². The standard InChI is InChI=1S/C17H14N4O3S/c22-15-12-13(11-6-7-25-9-11)18-16(23)19-14(12)21(17(24)20-15)8-10-4-2-1-3-5-10/h1-7,9,13H,8H2,(H2,18,19,23)(H,20,22,24). The number of hydrogen-bond donors (Lipinski definition) is 3. The summed E-state index contributed by atoms with van der Waals surface area (Å²) in [6, 6.07) is 10.2. The Bertz CT molecular complexity index is 1040. The van der Waals surface area contributed by atoms with E-state index in [-0.39, 0.29) is 12.4 Å². The molecule has 0 saturated heterocycles. The lowest BCUT2D eigenvalue weighted by atomic mass is 10.0. The molecule has 3 aromatic rings. The third kappa shape index (κ3) is 2.76. The van der Waals surface area contributed by atoms with E-state index in [2.05, 4.69) is 15.6 Å². The van der Waals surface area contributed by atoms with Crippen LogP contribution in [0, 0.1) is 0 Å². The molecule has 0 saturated carbocycles. The summed E-state index contributed by atoms with van der Waals surface area (Å²) in [7, 11) is 0. The summed E-state index contributed by atoms with van der Waals surface area (Å²) in [6.07, 6.45) is 0. The van der Waals surface area contributed by atoms with Crippen molar-refractivity contribution in [3.8, 4) is 0 Å². The highest BCUT2D eigenvalue weighted by molar-refractivity contribution is 7.08. The molecule has 0 radical (unpaired) electrons. The number of aromatic amines is 1. The summed E-state index contributed by atoms with van der Waals surface area (Å²) in [6.45, 7) is 0.245. The molecular weight excluding hydrogens is 340 g/mol. The fourth-order valence-corrected chi connectivity index (χ4v) is 3.63. The maximum atomic E-state index is 12.4. The molecule has 0 spiro atoms. The first-order valence-corrected chi connectivity index (χ1v) is 8.58. The quantitative estimate of drug-likeness (QED) is 0.670. The minimum absolute atomic E-state index is 0.234. The highest BCUT2D eigenvalue weighted by Gasteiger charge is 2.31. The molecule has 1 aromatic carbocycles. The van der Waals surface area contributed by atoms with Crippen LogP contribution in [0.3, 0.4) is 0 Å². The van der Waals surface area contributed by atoms with Crippen LogP contribution in [-0.4, -0.2) is 15.6 Å². The number of carbonyl (C=O) groups is 1. The second-order valence-electron chi connectivity index (χ2n) is 5.68. The molecule has 1 unspecified atom stereocenters. The molecule has 4 rings (SSSR count). The summed E-state index contributed by atoms with van der Waals surface area (Å²) >= 11 is 1.47. The fraction of sp³-hybridized carbons (Fsp3) is 0.118. The van der Waals surface area contributed by atoms with Crippen LogP contribution in [0.4, 0.5) is 10.6 Å². The maximum Gasteiger partial charge on any atom is 0.330 e. The minimum atomic E-state index is -0.596. The van der Waals surface area contributed by atoms with Crippen LogP contribution in [0.5, 0.6) is 0 Å². The van der Waals surface area contributed by atoms with Crippen LogP contribution < -0.4 is 21.9 Å². The van der Waals surface area contributed by atoms with Crippen molar-refractivity contribution in [2.45, 2.75) is 12.6 Å². The minimum Gasteiger partial charge on any atom is -0.327 e. The predicted octanol–water partition coefficient (Wildman–Crippen LogP) is 1.87. The Morgan fingerprint density at radius 2 is 1.88 bits per heavy atom. The van der Waals surface area contributed by atoms with E-state index in [1.165, 1.54) is 15.9 Å². The smallest absolute Gasteiger partial charge is 0.327 e. The zero-order valence-electron chi connectivity index (χ0n) is 13.0. The molecule has 0 bridgehead atoms. The lowest BCUT2D eigenvalue weighted by molar-refractivity contribution is 0.248. The molecule has 126 valence electrons. The summed E-state index contributed by atoms with van der Waals surface area (Å²) in [5.74, 6) is 0.234. The first kappa shape index (κ1) is 15.4. The van der Waals surface area contributed by atoms with Crippen molar-refractivity contribution in [1.29, 1.82) is 0 Å². The first-order chi connectivity index (χ1) is 12.1. The van der Waals surface area contributed by atoms with Gasteiger partial charge in [0.05, 0.1) is 18.2 Å². The maximum absolute atomic E-state index is 12.4. The van der Waals surface area contributed by atoms with E-state index in [1.807, 2.05) is 47.2 Å². The zero-order chi connectivity index (χ0) is 17.4. The Hall–Kier alpha value is -3.13. The Balaban J connectivity index is 1.90. The molecule has 1 atom stereocenters. The highest BCUT2D eigenvalue weighted by atomic mass is 32.1. The van der Waals surface area contributed by atoms with Crippen LogP contribution in [0.15, 0.2) is 56.7 Å². The van der Waals surface area contributed by atoms with Crippen LogP contribution in [0.25, 0.3) is 0 Å². The average molecular weight is 354 g/mol. The van der Waals surface area contributed by atoms with Crippen molar-refractivity contribution in [2.24, 2.45) is 0 Å². The monoisotopic (exact) mass is 354 g/mol. The largest absolute Gasteiger partial charge is 0.330 e. The molecular formula is C17H14N4O3S. The van der Waals surface area contributed by atoms with Gasteiger partial charge in [-0.2, -0.15) is 11.3 Å². The van der Waals surface area contributed by atoms with Gasteiger partial charge in [-0.05, 0) is 28.0 Å². The summed E-state index contributed by atoms with van der Waals surface area (Å²) in [4.78, 5) is 39.3. The number of H-pyrrole nitrogens is 1. The Morgan fingerprint density at radius 3 is 2.60 bits per heavy atom. The van der Waals surface area contributed by atoms with Crippen molar-refractivity contribution in [2.75, 3.05) is 5.32 Å². The third-order valence-corrected chi connectivity index (χ3v) is 4.79. The number of aromatic nitrogens is 2. The molecule has 2 aromatic heterocycles. The van der Waals surface area contributed by atoms with Crippen molar-refractivity contribution < 1.29 is 4.79 Å². The fourth-order valence-electron chi connectivity index (χ4n) is 2.94. The van der Waals surface area contributed by atoms with Crippen molar-refractivity contribution in [1.82, 2.24) is 14.9 Å². The van der Waals surface area contributed by atoms with E-state index < -0.39 is 23.3 Å². The molecule has 7 nitrogen and oxygen atoms in total. The van der Waals surface area contributed by atoms with E-state index in [1.54, 1.807) is 0 Å². The molecule has 1 aliphatic rings. The molecule has 1 aliphatic heterocycles. The van der Waals surface area contributed by atoms with E-state index in [0.29, 0.717) is 5.56 Å². The number of carbonyl (C=O) groups excluding carboxylic acids is 1. The van der Waals surface area contributed by atoms with E-state index in [4.69, 9.17) is 0 Å². The van der Waals surface area contributed by atoms with Gasteiger partial charge in [-0.1, -0.05) is 30.3 Å². The Kier molecular flexibility index (Phi) is 3.73. The van der Waals surface area contributed by atoms with Gasteiger partial charge in [0.2, 0.25) is 0 Å². The van der Waals surface area contributed by atoms with Crippen molar-refractivity contribution in [3.63, 3.8) is 0 Å². The van der Waals surface area contributed by atoms with Gasteiger partial charge in [-0.3, -0.25) is 19.7 Å². The number of rotatable bonds is 3. The van der Waals surface area contributed by atoms with Crippen molar-refractivity contribution in [3.05, 3.63) is 84.7 Å². The van der Waals surface area contributed by atoms with Crippen molar-refractivity contribution >= 4 is 23.2 Å². The summed E-state index contributed by atoms with van der Waals surface area (Å²) in [5.41, 5.74) is 0.954. The van der Waals surface area contributed by atoms with Gasteiger partial charge in [-0.15, -0.1) is 0 Å². The van der Waals surface area contributed by atoms with Gasteiger partial charge < -0.3 is 5.32 Å².